The molecular weight excluding hydrogens is 151 g/mol. The molecule has 0 unspecified atom stereocenters. The number of rotatable bonds is 2. The SMILES string of the molecule is O=C([O-])C(=O)P(=O)(O)O. The number of carboxylic acid groups (broad SMARTS) is 1. The first-order chi connectivity index (χ1) is 3.85. The Morgan fingerprint density at radius 2 is 1.67 bits per heavy atom. The van der Waals surface area contributed by atoms with Crippen molar-refractivity contribution >= 4 is 19.1 Å². The second-order valence-corrected chi connectivity index (χ2v) is 2.63. The lowest BCUT2D eigenvalue weighted by Crippen LogP contribution is -2.31. The monoisotopic (exact) mass is 153 g/mol. The predicted molar refractivity (Wildman–Crippen MR) is 22.1 cm³/mol. The molecule has 2 N–H and O–H groups in total. The highest BCUT2D eigenvalue weighted by Crippen LogP contribution is 2.34. The van der Waals surface area contributed by atoms with Crippen molar-refractivity contribution in [3.63, 3.8) is 0 Å². The smallest absolute Gasteiger partial charge is 0.397 e. The van der Waals surface area contributed by atoms with Crippen molar-refractivity contribution < 1.29 is 29.0 Å². The number of aliphatic carboxylic acids is 1. The number of carboxylic acids is 1. The highest BCUT2D eigenvalue weighted by Gasteiger charge is 2.26. The molecule has 0 fully saturated rings. The zero-order chi connectivity index (χ0) is 7.65. The van der Waals surface area contributed by atoms with E-state index in [0.29, 0.717) is 0 Å². The van der Waals surface area contributed by atoms with Gasteiger partial charge >= 0.3 is 7.60 Å². The van der Waals surface area contributed by atoms with Gasteiger partial charge in [-0.25, -0.2) is 0 Å². The lowest BCUT2D eigenvalue weighted by atomic mass is 10.8. The molecule has 0 spiro atoms. The lowest BCUT2D eigenvalue weighted by Gasteiger charge is -2.00. The molecular formula is C2H2O6P-. The van der Waals surface area contributed by atoms with Crippen molar-refractivity contribution in [2.45, 2.75) is 0 Å². The van der Waals surface area contributed by atoms with Crippen LogP contribution in [0.4, 0.5) is 0 Å². The summed E-state index contributed by atoms with van der Waals surface area (Å²) in [5.74, 6) is -2.37. The van der Waals surface area contributed by atoms with Crippen molar-refractivity contribution in [3.05, 3.63) is 0 Å². The van der Waals surface area contributed by atoms with E-state index in [-0.39, 0.29) is 0 Å². The Hall–Kier alpha value is -0.710. The average molecular weight is 153 g/mol. The molecule has 0 aliphatic heterocycles. The van der Waals surface area contributed by atoms with E-state index in [1.54, 1.807) is 0 Å². The second kappa shape index (κ2) is 2.26. The zero-order valence-electron chi connectivity index (χ0n) is 3.97. The van der Waals surface area contributed by atoms with Gasteiger partial charge in [0.2, 0.25) is 0 Å². The summed E-state index contributed by atoms with van der Waals surface area (Å²) in [6.07, 6.45) is 0. The molecule has 0 radical (unpaired) electrons. The summed E-state index contributed by atoms with van der Waals surface area (Å²) in [6.45, 7) is 0. The maximum atomic E-state index is 9.74. The maximum Gasteiger partial charge on any atom is 0.397 e. The molecule has 0 amide bonds. The van der Waals surface area contributed by atoms with E-state index >= 15 is 0 Å². The van der Waals surface area contributed by atoms with Gasteiger partial charge in [-0.05, 0) is 0 Å². The van der Waals surface area contributed by atoms with Crippen LogP contribution in [0.1, 0.15) is 0 Å². The topological polar surface area (TPSA) is 115 Å². The Balaban J connectivity index is 4.43. The number of carbonyl (C=O) groups is 2. The second-order valence-electron chi connectivity index (χ2n) is 1.14. The van der Waals surface area contributed by atoms with Gasteiger partial charge in [0, 0.05) is 0 Å². The fourth-order valence-electron chi connectivity index (χ4n) is 0.119. The minimum atomic E-state index is -5.11. The van der Waals surface area contributed by atoms with Crippen LogP contribution in [0.3, 0.4) is 0 Å². The maximum absolute atomic E-state index is 9.74. The minimum absolute atomic E-state index is 2.19. The molecule has 0 saturated heterocycles. The van der Waals surface area contributed by atoms with Crippen LogP contribution in [0.5, 0.6) is 0 Å². The summed E-state index contributed by atoms with van der Waals surface area (Å²) in [7, 11) is -5.11. The fourth-order valence-corrected chi connectivity index (χ4v) is 0.357. The van der Waals surface area contributed by atoms with E-state index in [1.165, 1.54) is 0 Å². The third kappa shape index (κ3) is 2.36. The van der Waals surface area contributed by atoms with Crippen molar-refractivity contribution in [1.29, 1.82) is 0 Å². The van der Waals surface area contributed by atoms with E-state index in [0.717, 1.165) is 0 Å². The van der Waals surface area contributed by atoms with Gasteiger partial charge < -0.3 is 19.7 Å². The Kier molecular flexibility index (Phi) is 2.08. The fraction of sp³-hybridized carbons (Fsp3) is 0. The first-order valence-electron chi connectivity index (χ1n) is 1.67. The molecule has 9 heavy (non-hydrogen) atoms. The molecule has 52 valence electrons. The summed E-state index contributed by atoms with van der Waals surface area (Å²) < 4.78 is 9.70. The van der Waals surface area contributed by atoms with Gasteiger partial charge in [0.1, 0.15) is 5.97 Å². The van der Waals surface area contributed by atoms with E-state index < -0.39 is 19.1 Å². The standard InChI is InChI=1S/C2H3O6P/c3-1(4)2(5)9(6,7)8/h(H,3,4)(H2,6,7,8)/p-1. The van der Waals surface area contributed by atoms with Gasteiger partial charge in [0.05, 0.1) is 0 Å². The summed E-state index contributed by atoms with van der Waals surface area (Å²) in [4.78, 5) is 34.7. The summed E-state index contributed by atoms with van der Waals surface area (Å²) >= 11 is 0. The molecule has 0 rings (SSSR count). The van der Waals surface area contributed by atoms with Crippen LogP contribution >= 0.6 is 7.60 Å². The number of hydrogen-bond donors (Lipinski definition) is 2. The Morgan fingerprint density at radius 1 is 1.33 bits per heavy atom. The third-order valence-electron chi connectivity index (χ3n) is 0.439. The van der Waals surface area contributed by atoms with E-state index in [4.69, 9.17) is 9.79 Å². The molecule has 0 saturated carbocycles. The van der Waals surface area contributed by atoms with Crippen molar-refractivity contribution in [2.24, 2.45) is 0 Å². The molecule has 6 nitrogen and oxygen atoms in total. The van der Waals surface area contributed by atoms with E-state index in [1.807, 2.05) is 0 Å². The van der Waals surface area contributed by atoms with Crippen molar-refractivity contribution in [3.8, 4) is 0 Å². The molecule has 7 heteroatoms. The van der Waals surface area contributed by atoms with Crippen LogP contribution in [0, 0.1) is 0 Å². The molecule has 0 aromatic rings. The summed E-state index contributed by atoms with van der Waals surface area (Å²) in [5.41, 5.74) is -2.19. The third-order valence-corrected chi connectivity index (χ3v) is 1.15. The summed E-state index contributed by atoms with van der Waals surface area (Å²) in [6, 6.07) is 0. The van der Waals surface area contributed by atoms with Gasteiger partial charge in [0.15, 0.2) is 0 Å². The van der Waals surface area contributed by atoms with Crippen molar-refractivity contribution in [2.75, 3.05) is 0 Å². The molecule has 0 bridgehead atoms. The molecule has 0 aromatic carbocycles. The quantitative estimate of drug-likeness (QED) is 0.333. The Bertz CT molecular complexity index is 187. The number of hydrogen-bond acceptors (Lipinski definition) is 4. The van der Waals surface area contributed by atoms with Gasteiger partial charge in [-0.1, -0.05) is 0 Å². The van der Waals surface area contributed by atoms with E-state index in [9.17, 15) is 19.3 Å². The lowest BCUT2D eigenvalue weighted by molar-refractivity contribution is -0.298. The van der Waals surface area contributed by atoms with Crippen LogP contribution in [0.2, 0.25) is 0 Å². The van der Waals surface area contributed by atoms with Crippen LogP contribution in [-0.2, 0) is 14.2 Å². The normalized spacial score (nSPS) is 10.9. The number of carbonyl (C=O) groups excluding carboxylic acids is 2. The average Bonchev–Trinajstić information content (AvgIpc) is 1.62. The Labute approximate surface area is 49.3 Å². The first kappa shape index (κ1) is 8.29. The van der Waals surface area contributed by atoms with Crippen LogP contribution in [0.15, 0.2) is 0 Å². The molecule has 0 aliphatic rings. The molecule has 0 atom stereocenters. The van der Waals surface area contributed by atoms with Crippen LogP contribution in [0.25, 0.3) is 0 Å². The Morgan fingerprint density at radius 3 is 1.67 bits per heavy atom. The van der Waals surface area contributed by atoms with Gasteiger partial charge in [-0.15, -0.1) is 0 Å². The zero-order valence-corrected chi connectivity index (χ0v) is 4.87. The van der Waals surface area contributed by atoms with E-state index in [2.05, 4.69) is 0 Å². The predicted octanol–water partition coefficient (Wildman–Crippen LogP) is -2.56. The molecule has 0 heterocycles. The molecule has 0 aliphatic carbocycles. The molecule has 0 aromatic heterocycles. The summed E-state index contributed by atoms with van der Waals surface area (Å²) in [5, 5.41) is 9.39. The van der Waals surface area contributed by atoms with Crippen molar-refractivity contribution in [1.82, 2.24) is 0 Å². The van der Waals surface area contributed by atoms with Gasteiger partial charge in [-0.2, -0.15) is 0 Å². The van der Waals surface area contributed by atoms with Crippen LogP contribution < -0.4 is 5.11 Å². The highest BCUT2D eigenvalue weighted by molar-refractivity contribution is 7.73. The highest BCUT2D eigenvalue weighted by atomic mass is 31.2. The van der Waals surface area contributed by atoms with Gasteiger partial charge in [0.25, 0.3) is 5.52 Å². The first-order valence-corrected chi connectivity index (χ1v) is 3.28. The minimum Gasteiger partial charge on any atom is -0.541 e. The van der Waals surface area contributed by atoms with Gasteiger partial charge in [-0.3, -0.25) is 9.36 Å². The van der Waals surface area contributed by atoms with Crippen LogP contribution in [-0.4, -0.2) is 21.3 Å². The largest absolute Gasteiger partial charge is 0.541 e.